The summed E-state index contributed by atoms with van der Waals surface area (Å²) < 4.78 is 0. The number of hydrogen-bond acceptors (Lipinski definition) is 2. The molecule has 2 aromatic rings. The fraction of sp³-hybridized carbons (Fsp3) is 0.316. The van der Waals surface area contributed by atoms with Crippen molar-refractivity contribution < 1.29 is 4.79 Å². The van der Waals surface area contributed by atoms with Gasteiger partial charge in [-0.25, -0.2) is 0 Å². The third-order valence-corrected chi connectivity index (χ3v) is 4.50. The van der Waals surface area contributed by atoms with Crippen LogP contribution >= 0.6 is 11.6 Å². The molecule has 0 aliphatic rings. The standard InChI is InChI=1S/C19H23ClN2O/c1-13-8-7-9-14(2)19(13)21-18(23)12-22(4)15(3)16-10-5-6-11-17(16)20/h5-11,15H,12H2,1-4H3,(H,21,23)/t15-/m0/s1. The third-order valence-electron chi connectivity index (χ3n) is 4.16. The Balaban J connectivity index is 2.04. The number of benzene rings is 2. The van der Waals surface area contributed by atoms with Crippen LogP contribution < -0.4 is 5.32 Å². The van der Waals surface area contributed by atoms with Crippen LogP contribution in [-0.2, 0) is 4.79 Å². The second-order valence-corrected chi connectivity index (χ2v) is 6.33. The topological polar surface area (TPSA) is 32.3 Å². The number of hydrogen-bond donors (Lipinski definition) is 1. The highest BCUT2D eigenvalue weighted by Crippen LogP contribution is 2.26. The van der Waals surface area contributed by atoms with Gasteiger partial charge in [0, 0.05) is 16.8 Å². The van der Waals surface area contributed by atoms with Gasteiger partial charge in [0.05, 0.1) is 6.54 Å². The number of amides is 1. The number of carbonyl (C=O) groups is 1. The molecule has 0 aliphatic heterocycles. The Bertz CT molecular complexity index is 679. The van der Waals surface area contributed by atoms with Crippen LogP contribution in [0, 0.1) is 13.8 Å². The molecule has 0 aliphatic carbocycles. The predicted octanol–water partition coefficient (Wildman–Crippen LogP) is 4.59. The van der Waals surface area contributed by atoms with Gasteiger partial charge in [-0.1, -0.05) is 48.0 Å². The molecule has 0 bridgehead atoms. The molecule has 0 heterocycles. The number of nitrogens with zero attached hydrogens (tertiary/aromatic N) is 1. The molecule has 2 aromatic carbocycles. The average molecular weight is 331 g/mol. The first-order valence-electron chi connectivity index (χ1n) is 7.71. The van der Waals surface area contributed by atoms with Gasteiger partial charge >= 0.3 is 0 Å². The van der Waals surface area contributed by atoms with Crippen molar-refractivity contribution in [1.29, 1.82) is 0 Å². The maximum Gasteiger partial charge on any atom is 0.238 e. The van der Waals surface area contributed by atoms with Gasteiger partial charge in [0.25, 0.3) is 0 Å². The molecule has 0 radical (unpaired) electrons. The van der Waals surface area contributed by atoms with E-state index in [0.29, 0.717) is 6.54 Å². The highest BCUT2D eigenvalue weighted by atomic mass is 35.5. The Morgan fingerprint density at radius 1 is 1.13 bits per heavy atom. The van der Waals surface area contributed by atoms with Gasteiger partial charge in [-0.2, -0.15) is 0 Å². The Morgan fingerprint density at radius 2 is 1.74 bits per heavy atom. The van der Waals surface area contributed by atoms with E-state index in [1.165, 1.54) is 0 Å². The number of halogens is 1. The number of anilines is 1. The Hall–Kier alpha value is -1.84. The van der Waals surface area contributed by atoms with Crippen molar-refractivity contribution in [1.82, 2.24) is 4.90 Å². The maximum absolute atomic E-state index is 12.4. The van der Waals surface area contributed by atoms with Crippen LogP contribution in [0.25, 0.3) is 0 Å². The summed E-state index contributed by atoms with van der Waals surface area (Å²) >= 11 is 6.24. The monoisotopic (exact) mass is 330 g/mol. The molecule has 0 saturated heterocycles. The van der Waals surface area contributed by atoms with E-state index < -0.39 is 0 Å². The summed E-state index contributed by atoms with van der Waals surface area (Å²) in [7, 11) is 1.93. The van der Waals surface area contributed by atoms with Gasteiger partial charge in [-0.15, -0.1) is 0 Å². The second-order valence-electron chi connectivity index (χ2n) is 5.93. The predicted molar refractivity (Wildman–Crippen MR) is 97.0 cm³/mol. The number of likely N-dealkylation sites (N-methyl/N-ethyl adjacent to an activating group) is 1. The van der Waals surface area contributed by atoms with E-state index in [-0.39, 0.29) is 11.9 Å². The van der Waals surface area contributed by atoms with Crippen molar-refractivity contribution in [2.75, 3.05) is 18.9 Å². The smallest absolute Gasteiger partial charge is 0.238 e. The Morgan fingerprint density at radius 3 is 2.35 bits per heavy atom. The van der Waals surface area contributed by atoms with E-state index in [1.54, 1.807) is 0 Å². The first-order chi connectivity index (χ1) is 10.9. The van der Waals surface area contributed by atoms with Gasteiger partial charge in [0.2, 0.25) is 5.91 Å². The lowest BCUT2D eigenvalue weighted by molar-refractivity contribution is -0.117. The normalized spacial score (nSPS) is 12.3. The Kier molecular flexibility index (Phi) is 5.80. The van der Waals surface area contributed by atoms with E-state index >= 15 is 0 Å². The summed E-state index contributed by atoms with van der Waals surface area (Å²) in [5.41, 5.74) is 4.06. The van der Waals surface area contributed by atoms with Crippen molar-refractivity contribution in [3.05, 3.63) is 64.2 Å². The van der Waals surface area contributed by atoms with Crippen LogP contribution in [0.2, 0.25) is 5.02 Å². The molecule has 0 saturated carbocycles. The minimum atomic E-state index is -0.0243. The molecule has 3 nitrogen and oxygen atoms in total. The molecule has 0 unspecified atom stereocenters. The van der Waals surface area contributed by atoms with Crippen LogP contribution in [0.15, 0.2) is 42.5 Å². The van der Waals surface area contributed by atoms with E-state index in [4.69, 9.17) is 11.6 Å². The third kappa shape index (κ3) is 4.34. The van der Waals surface area contributed by atoms with Gasteiger partial charge < -0.3 is 5.32 Å². The first-order valence-corrected chi connectivity index (χ1v) is 8.08. The number of nitrogens with one attached hydrogen (secondary N) is 1. The van der Waals surface area contributed by atoms with Gasteiger partial charge in [-0.05, 0) is 50.6 Å². The lowest BCUT2D eigenvalue weighted by Crippen LogP contribution is -2.32. The van der Waals surface area contributed by atoms with Crippen molar-refractivity contribution in [3.63, 3.8) is 0 Å². The second kappa shape index (κ2) is 7.62. The Labute approximate surface area is 143 Å². The molecule has 4 heteroatoms. The lowest BCUT2D eigenvalue weighted by Gasteiger charge is -2.25. The fourth-order valence-corrected chi connectivity index (χ4v) is 2.90. The van der Waals surface area contributed by atoms with Gasteiger partial charge in [0.1, 0.15) is 0 Å². The van der Waals surface area contributed by atoms with Crippen LogP contribution in [0.3, 0.4) is 0 Å². The number of rotatable bonds is 5. The summed E-state index contributed by atoms with van der Waals surface area (Å²) in [5.74, 6) is -0.0243. The van der Waals surface area contributed by atoms with Crippen LogP contribution in [0.1, 0.15) is 29.7 Å². The number of para-hydroxylation sites is 1. The lowest BCUT2D eigenvalue weighted by atomic mass is 10.1. The van der Waals surface area contributed by atoms with Crippen LogP contribution in [0.5, 0.6) is 0 Å². The van der Waals surface area contributed by atoms with Crippen molar-refractivity contribution in [2.45, 2.75) is 26.8 Å². The highest BCUT2D eigenvalue weighted by molar-refractivity contribution is 6.31. The molecule has 0 spiro atoms. The minimum Gasteiger partial charge on any atom is -0.324 e. The summed E-state index contributed by atoms with van der Waals surface area (Å²) in [6.45, 7) is 6.35. The zero-order valence-electron chi connectivity index (χ0n) is 14.1. The summed E-state index contributed by atoms with van der Waals surface area (Å²) in [5, 5.41) is 3.74. The zero-order chi connectivity index (χ0) is 17.0. The van der Waals surface area contributed by atoms with Crippen molar-refractivity contribution in [3.8, 4) is 0 Å². The van der Waals surface area contributed by atoms with Gasteiger partial charge in [0.15, 0.2) is 0 Å². The summed E-state index contributed by atoms with van der Waals surface area (Å²) in [4.78, 5) is 14.4. The number of carbonyl (C=O) groups excluding carboxylic acids is 1. The van der Waals surface area contributed by atoms with E-state index in [9.17, 15) is 4.79 Å². The van der Waals surface area contributed by atoms with E-state index in [2.05, 4.69) is 5.32 Å². The van der Waals surface area contributed by atoms with Crippen LogP contribution in [-0.4, -0.2) is 24.4 Å². The molecule has 2 rings (SSSR count). The number of aryl methyl sites for hydroxylation is 2. The average Bonchev–Trinajstić information content (AvgIpc) is 2.51. The summed E-state index contributed by atoms with van der Waals surface area (Å²) in [6.07, 6.45) is 0. The first kappa shape index (κ1) is 17.5. The van der Waals surface area contributed by atoms with Crippen molar-refractivity contribution >= 4 is 23.2 Å². The molecule has 0 fully saturated rings. The quantitative estimate of drug-likeness (QED) is 0.869. The molecular formula is C19H23ClN2O. The van der Waals surface area contributed by atoms with Crippen LogP contribution in [0.4, 0.5) is 5.69 Å². The maximum atomic E-state index is 12.4. The fourth-order valence-electron chi connectivity index (χ4n) is 2.61. The van der Waals surface area contributed by atoms with E-state index in [0.717, 1.165) is 27.4 Å². The summed E-state index contributed by atoms with van der Waals surface area (Å²) in [6, 6.07) is 13.8. The molecule has 0 aromatic heterocycles. The molecule has 23 heavy (non-hydrogen) atoms. The molecule has 1 amide bonds. The molecule has 1 atom stereocenters. The molecule has 1 N–H and O–H groups in total. The molecular weight excluding hydrogens is 308 g/mol. The molecule has 122 valence electrons. The van der Waals surface area contributed by atoms with Gasteiger partial charge in [-0.3, -0.25) is 9.69 Å². The minimum absolute atomic E-state index is 0.0243. The van der Waals surface area contributed by atoms with Crippen molar-refractivity contribution in [2.24, 2.45) is 0 Å². The SMILES string of the molecule is Cc1cccc(C)c1NC(=O)CN(C)[C@@H](C)c1ccccc1Cl. The zero-order valence-corrected chi connectivity index (χ0v) is 14.8. The highest BCUT2D eigenvalue weighted by Gasteiger charge is 2.17. The largest absolute Gasteiger partial charge is 0.324 e. The van der Waals surface area contributed by atoms with E-state index in [1.807, 2.05) is 75.2 Å².